The van der Waals surface area contributed by atoms with Gasteiger partial charge >= 0.3 is 11.8 Å². The summed E-state index contributed by atoms with van der Waals surface area (Å²) in [7, 11) is -3.60. The van der Waals surface area contributed by atoms with E-state index in [0.29, 0.717) is 13.2 Å². The van der Waals surface area contributed by atoms with Crippen LogP contribution in [0.15, 0.2) is 39.6 Å². The monoisotopic (exact) mass is 351 g/mol. The summed E-state index contributed by atoms with van der Waals surface area (Å²) in [4.78, 5) is 12.1. The molecule has 8 nitrogen and oxygen atoms in total. The Hall–Kier alpha value is -2.26. The van der Waals surface area contributed by atoms with Gasteiger partial charge in [-0.3, -0.25) is 4.79 Å². The maximum Gasteiger partial charge on any atom is 0.308 e. The highest BCUT2D eigenvalue weighted by Crippen LogP contribution is 2.15. The quantitative estimate of drug-likeness (QED) is 0.824. The number of nitrogens with zero attached hydrogens (tertiary/aromatic N) is 2. The van der Waals surface area contributed by atoms with Crippen molar-refractivity contribution >= 4 is 15.7 Å². The molecular weight excluding hydrogens is 334 g/mol. The largest absolute Gasteiger partial charge is 0.416 e. The van der Waals surface area contributed by atoms with Crippen LogP contribution in [0.3, 0.4) is 0 Å². The first-order valence-corrected chi connectivity index (χ1v) is 9.20. The van der Waals surface area contributed by atoms with E-state index in [1.54, 1.807) is 18.2 Å². The van der Waals surface area contributed by atoms with Crippen molar-refractivity contribution in [1.29, 1.82) is 0 Å². The normalized spacial score (nSPS) is 17.8. The Bertz CT molecular complexity index is 798. The molecule has 24 heavy (non-hydrogen) atoms. The molecule has 1 atom stereocenters. The molecule has 0 radical (unpaired) electrons. The van der Waals surface area contributed by atoms with Crippen molar-refractivity contribution in [2.75, 3.05) is 13.2 Å². The van der Waals surface area contributed by atoms with E-state index in [-0.39, 0.29) is 22.8 Å². The number of sulfone groups is 1. The lowest BCUT2D eigenvalue weighted by Crippen LogP contribution is -2.31. The number of aromatic nitrogens is 2. The Morgan fingerprint density at radius 1 is 1.25 bits per heavy atom. The SMILES string of the molecule is O=C(NC[C@@H]1CCCO1)c1nnc(CS(=O)(=O)c2ccccc2)o1. The van der Waals surface area contributed by atoms with Crippen LogP contribution in [0.2, 0.25) is 0 Å². The molecule has 0 saturated carbocycles. The summed E-state index contributed by atoms with van der Waals surface area (Å²) in [5, 5.41) is 9.88. The highest BCUT2D eigenvalue weighted by molar-refractivity contribution is 7.90. The number of carbonyl (C=O) groups is 1. The lowest BCUT2D eigenvalue weighted by atomic mass is 10.2. The summed E-state index contributed by atoms with van der Waals surface area (Å²) in [6.45, 7) is 1.06. The third-order valence-electron chi connectivity index (χ3n) is 3.59. The number of ether oxygens (including phenoxy) is 1. The van der Waals surface area contributed by atoms with Crippen LogP contribution in [0.4, 0.5) is 0 Å². The number of rotatable bonds is 6. The van der Waals surface area contributed by atoms with Crippen LogP contribution in [0.1, 0.15) is 29.4 Å². The van der Waals surface area contributed by atoms with E-state index in [0.717, 1.165) is 12.8 Å². The molecule has 1 fully saturated rings. The topological polar surface area (TPSA) is 111 Å². The smallest absolute Gasteiger partial charge is 0.308 e. The summed E-state index contributed by atoms with van der Waals surface area (Å²) in [5.41, 5.74) is 0. The molecule has 0 bridgehead atoms. The maximum absolute atomic E-state index is 12.2. The van der Waals surface area contributed by atoms with Gasteiger partial charge in [0.05, 0.1) is 11.0 Å². The van der Waals surface area contributed by atoms with Crippen molar-refractivity contribution in [3.63, 3.8) is 0 Å². The number of hydrogen-bond donors (Lipinski definition) is 1. The number of benzene rings is 1. The van der Waals surface area contributed by atoms with Gasteiger partial charge in [0.2, 0.25) is 5.89 Å². The van der Waals surface area contributed by atoms with Crippen molar-refractivity contribution in [3.05, 3.63) is 42.1 Å². The molecule has 1 N–H and O–H groups in total. The first-order valence-electron chi connectivity index (χ1n) is 7.54. The van der Waals surface area contributed by atoms with Crippen LogP contribution >= 0.6 is 0 Å². The Labute approximate surface area is 139 Å². The fraction of sp³-hybridized carbons (Fsp3) is 0.400. The molecule has 1 aliphatic rings. The van der Waals surface area contributed by atoms with Crippen LogP contribution in [-0.2, 0) is 20.3 Å². The summed E-state index contributed by atoms with van der Waals surface area (Å²) in [6, 6.07) is 7.96. The number of carbonyl (C=O) groups excluding carboxylic acids is 1. The van der Waals surface area contributed by atoms with E-state index < -0.39 is 21.5 Å². The van der Waals surface area contributed by atoms with Crippen LogP contribution in [0, 0.1) is 0 Å². The zero-order chi connectivity index (χ0) is 17.0. The van der Waals surface area contributed by atoms with Gasteiger partial charge in [0.1, 0.15) is 5.75 Å². The van der Waals surface area contributed by atoms with Crippen LogP contribution in [0.25, 0.3) is 0 Å². The van der Waals surface area contributed by atoms with Gasteiger partial charge in [-0.25, -0.2) is 8.42 Å². The highest BCUT2D eigenvalue weighted by Gasteiger charge is 2.22. The van der Waals surface area contributed by atoms with Crippen LogP contribution < -0.4 is 5.32 Å². The molecule has 1 amide bonds. The van der Waals surface area contributed by atoms with Crippen LogP contribution in [0.5, 0.6) is 0 Å². The van der Waals surface area contributed by atoms with Crippen molar-refractivity contribution < 1.29 is 22.4 Å². The minimum absolute atomic E-state index is 0.00481. The first kappa shape index (κ1) is 16.6. The van der Waals surface area contributed by atoms with Crippen molar-refractivity contribution in [2.24, 2.45) is 0 Å². The van der Waals surface area contributed by atoms with E-state index in [4.69, 9.17) is 9.15 Å². The number of amides is 1. The molecule has 1 saturated heterocycles. The van der Waals surface area contributed by atoms with Crippen LogP contribution in [-0.4, -0.2) is 43.8 Å². The van der Waals surface area contributed by atoms with E-state index in [9.17, 15) is 13.2 Å². The lowest BCUT2D eigenvalue weighted by Gasteiger charge is -2.08. The second kappa shape index (κ2) is 7.10. The van der Waals surface area contributed by atoms with E-state index in [1.165, 1.54) is 12.1 Å². The number of nitrogens with one attached hydrogen (secondary N) is 1. The van der Waals surface area contributed by atoms with E-state index >= 15 is 0 Å². The zero-order valence-corrected chi connectivity index (χ0v) is 13.7. The van der Waals surface area contributed by atoms with Gasteiger partial charge in [-0.05, 0) is 25.0 Å². The average molecular weight is 351 g/mol. The minimum Gasteiger partial charge on any atom is -0.416 e. The van der Waals surface area contributed by atoms with Gasteiger partial charge in [-0.1, -0.05) is 18.2 Å². The van der Waals surface area contributed by atoms with Gasteiger partial charge in [-0.15, -0.1) is 10.2 Å². The third-order valence-corrected chi connectivity index (χ3v) is 5.21. The Morgan fingerprint density at radius 3 is 2.75 bits per heavy atom. The van der Waals surface area contributed by atoms with Gasteiger partial charge in [-0.2, -0.15) is 0 Å². The Balaban J connectivity index is 1.61. The summed E-state index contributed by atoms with van der Waals surface area (Å²) in [6.07, 6.45) is 1.86. The van der Waals surface area contributed by atoms with Crippen molar-refractivity contribution in [3.8, 4) is 0 Å². The molecule has 9 heteroatoms. The fourth-order valence-corrected chi connectivity index (χ4v) is 3.55. The molecule has 1 aromatic heterocycles. The molecule has 2 aromatic rings. The molecule has 3 rings (SSSR count). The van der Waals surface area contributed by atoms with Gasteiger partial charge in [0.25, 0.3) is 0 Å². The van der Waals surface area contributed by atoms with Crippen molar-refractivity contribution in [2.45, 2.75) is 29.6 Å². The Kier molecular flexibility index (Phi) is 4.91. The van der Waals surface area contributed by atoms with Gasteiger partial charge < -0.3 is 14.5 Å². The standard InChI is InChI=1S/C15H17N3O5S/c19-14(16-9-11-5-4-8-22-11)15-18-17-13(23-15)10-24(20,21)12-6-2-1-3-7-12/h1-3,6-7,11H,4-5,8-10H2,(H,16,19)/t11-/m0/s1. The fourth-order valence-electron chi connectivity index (χ4n) is 2.36. The van der Waals surface area contributed by atoms with Crippen molar-refractivity contribution in [1.82, 2.24) is 15.5 Å². The first-order chi connectivity index (χ1) is 11.5. The molecule has 0 aliphatic carbocycles. The Morgan fingerprint density at radius 2 is 2.04 bits per heavy atom. The third kappa shape index (κ3) is 3.98. The predicted octanol–water partition coefficient (Wildman–Crippen LogP) is 0.952. The zero-order valence-electron chi connectivity index (χ0n) is 12.8. The molecule has 1 aliphatic heterocycles. The van der Waals surface area contributed by atoms with E-state index in [1.807, 2.05) is 0 Å². The second-order valence-corrected chi connectivity index (χ2v) is 7.41. The molecule has 2 heterocycles. The molecular formula is C15H17N3O5S. The molecule has 0 unspecified atom stereocenters. The minimum atomic E-state index is -3.60. The van der Waals surface area contributed by atoms with E-state index in [2.05, 4.69) is 15.5 Å². The average Bonchev–Trinajstić information content (AvgIpc) is 3.25. The molecule has 1 aromatic carbocycles. The summed E-state index contributed by atoms with van der Waals surface area (Å²) >= 11 is 0. The predicted molar refractivity (Wildman–Crippen MR) is 82.9 cm³/mol. The number of hydrogen-bond acceptors (Lipinski definition) is 7. The summed E-state index contributed by atoms with van der Waals surface area (Å²) in [5.74, 6) is -1.38. The van der Waals surface area contributed by atoms with Gasteiger partial charge in [0, 0.05) is 13.2 Å². The van der Waals surface area contributed by atoms with Gasteiger partial charge in [0.15, 0.2) is 9.84 Å². The maximum atomic E-state index is 12.2. The second-order valence-electron chi connectivity index (χ2n) is 5.42. The molecule has 0 spiro atoms. The highest BCUT2D eigenvalue weighted by atomic mass is 32.2. The summed E-state index contributed by atoms with van der Waals surface area (Å²) < 4.78 is 35.0. The lowest BCUT2D eigenvalue weighted by molar-refractivity contribution is 0.0828. The molecule has 128 valence electrons.